The standard InChI is InChI=1S/C12H26N2O2S/c1-5-10(2)14(7-8-16-3)12(15)11(13)6-9-17-4/h10-11H,5-9,13H2,1-4H3/t10?,11-/m0/s1. The van der Waals surface area contributed by atoms with E-state index < -0.39 is 0 Å². The SMILES string of the molecule is CCC(C)N(CCOC)C(=O)[C@@H](N)CCSC. The molecule has 1 unspecified atom stereocenters. The van der Waals surface area contributed by atoms with Crippen LogP contribution in [0, 0.1) is 0 Å². The highest BCUT2D eigenvalue weighted by Gasteiger charge is 2.23. The third kappa shape index (κ3) is 6.29. The molecule has 2 N–H and O–H groups in total. The summed E-state index contributed by atoms with van der Waals surface area (Å²) in [5.74, 6) is 0.969. The van der Waals surface area contributed by atoms with Gasteiger partial charge in [-0.05, 0) is 31.8 Å². The zero-order chi connectivity index (χ0) is 13.3. The lowest BCUT2D eigenvalue weighted by molar-refractivity contribution is -0.135. The van der Waals surface area contributed by atoms with Crippen LogP contribution in [0.5, 0.6) is 0 Å². The van der Waals surface area contributed by atoms with E-state index in [4.69, 9.17) is 10.5 Å². The highest BCUT2D eigenvalue weighted by atomic mass is 32.2. The van der Waals surface area contributed by atoms with Crippen molar-refractivity contribution in [3.05, 3.63) is 0 Å². The fraction of sp³-hybridized carbons (Fsp3) is 0.917. The second kappa shape index (κ2) is 9.74. The van der Waals surface area contributed by atoms with Crippen LogP contribution in [0.15, 0.2) is 0 Å². The van der Waals surface area contributed by atoms with E-state index in [1.165, 1.54) is 0 Å². The normalized spacial score (nSPS) is 14.4. The first-order chi connectivity index (χ1) is 8.08. The smallest absolute Gasteiger partial charge is 0.239 e. The molecule has 17 heavy (non-hydrogen) atoms. The van der Waals surface area contributed by atoms with Gasteiger partial charge in [0, 0.05) is 19.7 Å². The highest BCUT2D eigenvalue weighted by Crippen LogP contribution is 2.08. The molecule has 4 nitrogen and oxygen atoms in total. The molecule has 0 rings (SSSR count). The number of carbonyl (C=O) groups is 1. The Morgan fingerprint density at radius 1 is 1.53 bits per heavy atom. The minimum atomic E-state index is -0.381. The summed E-state index contributed by atoms with van der Waals surface area (Å²) in [4.78, 5) is 14.0. The lowest BCUT2D eigenvalue weighted by Gasteiger charge is -2.30. The van der Waals surface area contributed by atoms with E-state index in [2.05, 4.69) is 13.8 Å². The quantitative estimate of drug-likeness (QED) is 0.681. The molecule has 0 aromatic heterocycles. The predicted molar refractivity (Wildman–Crippen MR) is 74.3 cm³/mol. The van der Waals surface area contributed by atoms with Gasteiger partial charge in [-0.3, -0.25) is 4.79 Å². The maximum Gasteiger partial charge on any atom is 0.239 e. The van der Waals surface area contributed by atoms with E-state index in [1.54, 1.807) is 18.9 Å². The zero-order valence-electron chi connectivity index (χ0n) is 11.4. The third-order valence-electron chi connectivity index (χ3n) is 2.89. The Morgan fingerprint density at radius 2 is 2.18 bits per heavy atom. The highest BCUT2D eigenvalue weighted by molar-refractivity contribution is 7.98. The van der Waals surface area contributed by atoms with Gasteiger partial charge in [-0.1, -0.05) is 6.92 Å². The molecule has 0 fully saturated rings. The van der Waals surface area contributed by atoms with E-state index in [0.717, 1.165) is 18.6 Å². The number of carbonyl (C=O) groups excluding carboxylic acids is 1. The Morgan fingerprint density at radius 3 is 2.65 bits per heavy atom. The Bertz CT molecular complexity index is 215. The van der Waals surface area contributed by atoms with Gasteiger partial charge in [-0.15, -0.1) is 0 Å². The lowest BCUT2D eigenvalue weighted by Crippen LogP contribution is -2.49. The monoisotopic (exact) mass is 262 g/mol. The van der Waals surface area contributed by atoms with E-state index in [0.29, 0.717) is 13.2 Å². The van der Waals surface area contributed by atoms with Crippen molar-refractivity contribution in [3.63, 3.8) is 0 Å². The minimum absolute atomic E-state index is 0.0467. The molecule has 0 aliphatic rings. The number of nitrogens with zero attached hydrogens (tertiary/aromatic N) is 1. The fourth-order valence-electron chi connectivity index (χ4n) is 1.54. The molecule has 1 amide bonds. The molecule has 0 aromatic carbocycles. The average Bonchev–Trinajstić information content (AvgIpc) is 2.35. The molecule has 0 aliphatic heterocycles. The van der Waals surface area contributed by atoms with Crippen LogP contribution >= 0.6 is 11.8 Å². The van der Waals surface area contributed by atoms with Crippen molar-refractivity contribution in [2.45, 2.75) is 38.8 Å². The van der Waals surface area contributed by atoms with Crippen LogP contribution in [-0.2, 0) is 9.53 Å². The van der Waals surface area contributed by atoms with Crippen molar-refractivity contribution in [1.82, 2.24) is 4.90 Å². The number of amides is 1. The molecule has 0 heterocycles. The van der Waals surface area contributed by atoms with Gasteiger partial charge in [0.1, 0.15) is 0 Å². The van der Waals surface area contributed by atoms with Crippen molar-refractivity contribution in [2.75, 3.05) is 32.3 Å². The molecule has 0 saturated carbocycles. The summed E-state index contributed by atoms with van der Waals surface area (Å²) in [5, 5.41) is 0. The van der Waals surface area contributed by atoms with E-state index in [1.807, 2.05) is 11.2 Å². The molecule has 2 atom stereocenters. The van der Waals surface area contributed by atoms with E-state index in [-0.39, 0.29) is 18.0 Å². The van der Waals surface area contributed by atoms with Gasteiger partial charge in [0.05, 0.1) is 12.6 Å². The molecule has 0 saturated heterocycles. The summed E-state index contributed by atoms with van der Waals surface area (Å²) in [6, 6.07) is -0.161. The van der Waals surface area contributed by atoms with Crippen LogP contribution in [0.4, 0.5) is 0 Å². The van der Waals surface area contributed by atoms with Crippen LogP contribution < -0.4 is 5.73 Å². The summed E-state index contributed by atoms with van der Waals surface area (Å²) in [6.07, 6.45) is 3.69. The molecule has 0 spiro atoms. The summed E-state index contributed by atoms with van der Waals surface area (Å²) >= 11 is 1.72. The Labute approximate surface area is 109 Å². The average molecular weight is 262 g/mol. The maximum absolute atomic E-state index is 12.2. The van der Waals surface area contributed by atoms with Crippen LogP contribution in [0.25, 0.3) is 0 Å². The first-order valence-corrected chi connectivity index (χ1v) is 7.51. The number of nitrogens with two attached hydrogens (primary N) is 1. The van der Waals surface area contributed by atoms with Crippen molar-refractivity contribution >= 4 is 17.7 Å². The number of hydrogen-bond donors (Lipinski definition) is 1. The van der Waals surface area contributed by atoms with E-state index in [9.17, 15) is 4.79 Å². The Balaban J connectivity index is 4.39. The van der Waals surface area contributed by atoms with Crippen molar-refractivity contribution in [3.8, 4) is 0 Å². The van der Waals surface area contributed by atoms with Gasteiger partial charge in [-0.25, -0.2) is 0 Å². The third-order valence-corrected chi connectivity index (χ3v) is 3.54. The lowest BCUT2D eigenvalue weighted by atomic mass is 10.1. The second-order valence-corrected chi connectivity index (χ2v) is 5.16. The number of methoxy groups -OCH3 is 1. The van der Waals surface area contributed by atoms with Crippen LogP contribution in [-0.4, -0.2) is 55.2 Å². The largest absolute Gasteiger partial charge is 0.383 e. The van der Waals surface area contributed by atoms with Gasteiger partial charge in [-0.2, -0.15) is 11.8 Å². The topological polar surface area (TPSA) is 55.6 Å². The van der Waals surface area contributed by atoms with Crippen LogP contribution in [0.2, 0.25) is 0 Å². The fourth-order valence-corrected chi connectivity index (χ4v) is 2.03. The summed E-state index contributed by atoms with van der Waals surface area (Å²) in [5.41, 5.74) is 5.92. The second-order valence-electron chi connectivity index (χ2n) is 4.17. The number of rotatable bonds is 9. The maximum atomic E-state index is 12.2. The summed E-state index contributed by atoms with van der Waals surface area (Å²) in [7, 11) is 1.65. The molecular formula is C12H26N2O2S. The Hall–Kier alpha value is -0.260. The first-order valence-electron chi connectivity index (χ1n) is 6.12. The number of ether oxygens (including phenoxy) is 1. The number of thioether (sulfide) groups is 1. The summed E-state index contributed by atoms with van der Waals surface area (Å²) < 4.78 is 5.04. The molecule has 0 bridgehead atoms. The van der Waals surface area contributed by atoms with Crippen molar-refractivity contribution in [2.24, 2.45) is 5.73 Å². The summed E-state index contributed by atoms with van der Waals surface area (Å²) in [6.45, 7) is 5.31. The Kier molecular flexibility index (Phi) is 9.59. The molecular weight excluding hydrogens is 236 g/mol. The first kappa shape index (κ1) is 16.7. The van der Waals surface area contributed by atoms with Crippen LogP contribution in [0.1, 0.15) is 26.7 Å². The molecule has 5 heteroatoms. The van der Waals surface area contributed by atoms with Gasteiger partial charge in [0.2, 0.25) is 5.91 Å². The van der Waals surface area contributed by atoms with Crippen LogP contribution in [0.3, 0.4) is 0 Å². The van der Waals surface area contributed by atoms with Crippen molar-refractivity contribution < 1.29 is 9.53 Å². The predicted octanol–water partition coefficient (Wildman–Crippen LogP) is 1.34. The van der Waals surface area contributed by atoms with E-state index >= 15 is 0 Å². The molecule has 0 aliphatic carbocycles. The zero-order valence-corrected chi connectivity index (χ0v) is 12.3. The molecule has 0 radical (unpaired) electrons. The van der Waals surface area contributed by atoms with Gasteiger partial charge < -0.3 is 15.4 Å². The van der Waals surface area contributed by atoms with Gasteiger partial charge in [0.15, 0.2) is 0 Å². The molecule has 0 aromatic rings. The van der Waals surface area contributed by atoms with Gasteiger partial charge >= 0.3 is 0 Å². The number of hydrogen-bond acceptors (Lipinski definition) is 4. The van der Waals surface area contributed by atoms with Gasteiger partial charge in [0.25, 0.3) is 0 Å². The molecule has 102 valence electrons. The van der Waals surface area contributed by atoms with Crippen molar-refractivity contribution in [1.29, 1.82) is 0 Å². The minimum Gasteiger partial charge on any atom is -0.383 e.